The van der Waals surface area contributed by atoms with Crippen molar-refractivity contribution in [3.63, 3.8) is 0 Å². The Kier molecular flexibility index (Phi) is 6.44. The second-order valence-electron chi connectivity index (χ2n) is 6.61. The van der Waals surface area contributed by atoms with E-state index >= 15 is 0 Å². The number of carbonyl (C=O) groups is 1. The Morgan fingerprint density at radius 2 is 2.04 bits per heavy atom. The lowest BCUT2D eigenvalue weighted by atomic mass is 10.0. The van der Waals surface area contributed by atoms with Crippen LogP contribution in [0.5, 0.6) is 0 Å². The highest BCUT2D eigenvalue weighted by molar-refractivity contribution is 7.99. The van der Waals surface area contributed by atoms with Gasteiger partial charge in [0, 0.05) is 42.0 Å². The molecule has 3 rings (SSSR count). The molecule has 0 aliphatic carbocycles. The van der Waals surface area contributed by atoms with Gasteiger partial charge < -0.3 is 9.88 Å². The molecule has 2 heterocycles. The second kappa shape index (κ2) is 8.49. The van der Waals surface area contributed by atoms with E-state index in [0.29, 0.717) is 23.8 Å². The molecule has 1 aromatic carbocycles. The quantitative estimate of drug-likeness (QED) is 0.742. The van der Waals surface area contributed by atoms with Gasteiger partial charge in [0.15, 0.2) is 0 Å². The Morgan fingerprint density at radius 1 is 1.32 bits per heavy atom. The van der Waals surface area contributed by atoms with Gasteiger partial charge in [0.2, 0.25) is 10.0 Å². The molecule has 0 saturated heterocycles. The van der Waals surface area contributed by atoms with Gasteiger partial charge in [-0.15, -0.1) is 11.8 Å². The lowest BCUT2D eigenvalue weighted by Crippen LogP contribution is -2.32. The number of aromatic nitrogens is 1. The summed E-state index contributed by atoms with van der Waals surface area (Å²) in [7, 11) is -1.93. The van der Waals surface area contributed by atoms with E-state index < -0.39 is 10.0 Å². The number of nitrogens with one attached hydrogen (secondary N) is 1. The fourth-order valence-corrected chi connectivity index (χ4v) is 6.18. The van der Waals surface area contributed by atoms with Gasteiger partial charge in [0.1, 0.15) is 10.6 Å². The molecule has 1 aromatic heterocycles. The topological polar surface area (TPSA) is 71.4 Å². The molecule has 0 unspecified atom stereocenters. The van der Waals surface area contributed by atoms with E-state index in [1.165, 1.54) is 16.6 Å². The first-order valence-electron chi connectivity index (χ1n) is 9.17. The van der Waals surface area contributed by atoms with Crippen LogP contribution in [0.2, 0.25) is 5.02 Å². The van der Waals surface area contributed by atoms with E-state index in [4.69, 9.17) is 11.6 Å². The minimum Gasteiger partial charge on any atom is -0.345 e. The SMILES string of the molecule is CCN(CC)S(=O)(=O)c1cc(C(=O)N[C@H]2CCSc3ccc(Cl)cc32)n(C)c1. The van der Waals surface area contributed by atoms with E-state index in [1.807, 2.05) is 18.2 Å². The maximum atomic E-state index is 12.9. The third-order valence-corrected chi connectivity index (χ3v) is 8.25. The predicted molar refractivity (Wildman–Crippen MR) is 113 cm³/mol. The number of fused-ring (bicyclic) bond motifs is 1. The molecular weight excluding hydrogens is 418 g/mol. The normalized spacial score (nSPS) is 16.8. The number of sulfonamides is 1. The van der Waals surface area contributed by atoms with Gasteiger partial charge in [-0.25, -0.2) is 8.42 Å². The summed E-state index contributed by atoms with van der Waals surface area (Å²) in [6, 6.07) is 6.99. The van der Waals surface area contributed by atoms with Crippen molar-refractivity contribution < 1.29 is 13.2 Å². The van der Waals surface area contributed by atoms with Crippen LogP contribution in [0.1, 0.15) is 42.4 Å². The molecule has 28 heavy (non-hydrogen) atoms. The fourth-order valence-electron chi connectivity index (χ4n) is 3.36. The van der Waals surface area contributed by atoms with Gasteiger partial charge in [-0.1, -0.05) is 25.4 Å². The molecule has 1 atom stereocenters. The van der Waals surface area contributed by atoms with Crippen molar-refractivity contribution in [3.8, 4) is 0 Å². The monoisotopic (exact) mass is 441 g/mol. The maximum Gasteiger partial charge on any atom is 0.268 e. The van der Waals surface area contributed by atoms with Crippen LogP contribution in [0.25, 0.3) is 0 Å². The van der Waals surface area contributed by atoms with Crippen molar-refractivity contribution >= 4 is 39.3 Å². The highest BCUT2D eigenvalue weighted by Crippen LogP contribution is 2.37. The first kappa shape index (κ1) is 21.2. The van der Waals surface area contributed by atoms with Crippen molar-refractivity contribution in [3.05, 3.63) is 46.7 Å². The summed E-state index contributed by atoms with van der Waals surface area (Å²) in [4.78, 5) is 14.1. The lowest BCUT2D eigenvalue weighted by Gasteiger charge is -2.26. The zero-order chi connectivity index (χ0) is 20.5. The Hall–Kier alpha value is -1.48. The van der Waals surface area contributed by atoms with Crippen molar-refractivity contribution in [1.82, 2.24) is 14.2 Å². The minimum atomic E-state index is -3.61. The van der Waals surface area contributed by atoms with Crippen LogP contribution < -0.4 is 5.32 Å². The predicted octanol–water partition coefficient (Wildman–Crippen LogP) is 3.68. The minimum absolute atomic E-state index is 0.131. The van der Waals surface area contributed by atoms with Crippen LogP contribution in [-0.2, 0) is 17.1 Å². The molecule has 9 heteroatoms. The standard InChI is InChI=1S/C19H24ClN3O3S2/c1-4-23(5-2)28(25,26)14-11-17(22(3)12-14)19(24)21-16-8-9-27-18-7-6-13(20)10-15(16)18/h6-7,10-12,16H,4-5,8-9H2,1-3H3,(H,21,24)/t16-/m0/s1. The van der Waals surface area contributed by atoms with Gasteiger partial charge in [-0.05, 0) is 36.2 Å². The smallest absolute Gasteiger partial charge is 0.268 e. The summed E-state index contributed by atoms with van der Waals surface area (Å²) >= 11 is 7.88. The Labute approximate surface area is 175 Å². The Balaban J connectivity index is 1.86. The van der Waals surface area contributed by atoms with E-state index in [2.05, 4.69) is 5.32 Å². The summed E-state index contributed by atoms with van der Waals surface area (Å²) in [5.41, 5.74) is 1.31. The fraction of sp³-hybridized carbons (Fsp3) is 0.421. The largest absolute Gasteiger partial charge is 0.345 e. The van der Waals surface area contributed by atoms with Crippen LogP contribution in [-0.4, -0.2) is 42.0 Å². The average molecular weight is 442 g/mol. The maximum absolute atomic E-state index is 12.9. The Morgan fingerprint density at radius 3 is 2.71 bits per heavy atom. The van der Waals surface area contributed by atoms with Crippen LogP contribution in [0.3, 0.4) is 0 Å². The van der Waals surface area contributed by atoms with Gasteiger partial charge in [0.25, 0.3) is 5.91 Å². The number of benzene rings is 1. The molecule has 0 fully saturated rings. The van der Waals surface area contributed by atoms with Crippen molar-refractivity contribution in [2.75, 3.05) is 18.8 Å². The number of thioether (sulfide) groups is 1. The first-order chi connectivity index (χ1) is 13.3. The number of nitrogens with zero attached hydrogens (tertiary/aromatic N) is 2. The average Bonchev–Trinajstić information content (AvgIpc) is 3.06. The summed E-state index contributed by atoms with van der Waals surface area (Å²) in [6.45, 7) is 4.35. The van der Waals surface area contributed by atoms with Crippen molar-refractivity contribution in [2.45, 2.75) is 36.1 Å². The zero-order valence-corrected chi connectivity index (χ0v) is 18.5. The second-order valence-corrected chi connectivity index (χ2v) is 10.1. The van der Waals surface area contributed by atoms with Crippen molar-refractivity contribution in [2.24, 2.45) is 7.05 Å². The number of amides is 1. The number of hydrogen-bond acceptors (Lipinski definition) is 4. The number of halogens is 1. The van der Waals surface area contributed by atoms with Gasteiger partial charge in [-0.2, -0.15) is 4.31 Å². The molecule has 0 saturated carbocycles. The molecule has 0 spiro atoms. The molecule has 6 nitrogen and oxygen atoms in total. The summed E-state index contributed by atoms with van der Waals surface area (Å²) < 4.78 is 28.4. The van der Waals surface area contributed by atoms with Gasteiger partial charge >= 0.3 is 0 Å². The third-order valence-electron chi connectivity index (χ3n) is 4.87. The van der Waals surface area contributed by atoms with E-state index in [0.717, 1.165) is 22.6 Å². The van der Waals surface area contributed by atoms with Crippen molar-refractivity contribution in [1.29, 1.82) is 0 Å². The Bertz CT molecular complexity index is 984. The molecule has 1 N–H and O–H groups in total. The molecule has 1 aliphatic rings. The van der Waals surface area contributed by atoms with Gasteiger partial charge in [-0.3, -0.25) is 4.79 Å². The molecule has 152 valence electrons. The summed E-state index contributed by atoms with van der Waals surface area (Å²) in [5.74, 6) is 0.597. The van der Waals surface area contributed by atoms with Crippen LogP contribution >= 0.6 is 23.4 Å². The van der Waals surface area contributed by atoms with E-state index in [1.54, 1.807) is 37.2 Å². The van der Waals surface area contributed by atoms with Crippen LogP contribution in [0, 0.1) is 0 Å². The number of rotatable bonds is 6. The van der Waals surface area contributed by atoms with E-state index in [9.17, 15) is 13.2 Å². The van der Waals surface area contributed by atoms with Gasteiger partial charge in [0.05, 0.1) is 6.04 Å². The molecule has 2 aromatic rings. The molecule has 1 aliphatic heterocycles. The lowest BCUT2D eigenvalue weighted by molar-refractivity contribution is 0.0926. The van der Waals surface area contributed by atoms with Crippen LogP contribution in [0.4, 0.5) is 0 Å². The molecular formula is C19H24ClN3O3S2. The molecule has 1 amide bonds. The summed E-state index contributed by atoms with van der Waals surface area (Å²) in [6.07, 6.45) is 2.28. The zero-order valence-electron chi connectivity index (χ0n) is 16.1. The van der Waals surface area contributed by atoms with Crippen LogP contribution in [0.15, 0.2) is 40.3 Å². The highest BCUT2D eigenvalue weighted by Gasteiger charge is 2.27. The third kappa shape index (κ3) is 4.10. The highest BCUT2D eigenvalue weighted by atomic mass is 35.5. The summed E-state index contributed by atoms with van der Waals surface area (Å²) in [5, 5.41) is 3.67. The number of carbonyl (C=O) groups excluding carboxylic acids is 1. The first-order valence-corrected chi connectivity index (χ1v) is 12.0. The molecule has 0 bridgehead atoms. The number of aryl methyl sites for hydroxylation is 1. The van der Waals surface area contributed by atoms with E-state index in [-0.39, 0.29) is 16.8 Å². The molecule has 0 radical (unpaired) electrons. The number of hydrogen-bond donors (Lipinski definition) is 1.